The summed E-state index contributed by atoms with van der Waals surface area (Å²) >= 11 is 0. The second-order valence-corrected chi connectivity index (χ2v) is 4.19. The van der Waals surface area contributed by atoms with Crippen LogP contribution in [0.3, 0.4) is 0 Å². The van der Waals surface area contributed by atoms with Crippen LogP contribution in [0.4, 0.5) is 5.69 Å². The largest absolute Gasteiger partial charge is 0.399 e. The smallest absolute Gasteiger partial charge is 0.186 e. The summed E-state index contributed by atoms with van der Waals surface area (Å²) in [6.07, 6.45) is -0.771. The van der Waals surface area contributed by atoms with Crippen LogP contribution >= 0.6 is 0 Å². The minimum atomic E-state index is -0.627. The Bertz CT molecular complexity index is 519. The molecule has 3 heteroatoms. The van der Waals surface area contributed by atoms with E-state index >= 15 is 0 Å². The topological polar surface area (TPSA) is 58.8 Å². The normalized spacial score (nSPS) is 22.4. The Morgan fingerprint density at radius 2 is 1.35 bits per heavy atom. The second-order valence-electron chi connectivity index (χ2n) is 4.19. The summed E-state index contributed by atoms with van der Waals surface area (Å²) in [4.78, 5) is 0. The number of epoxide rings is 1. The van der Waals surface area contributed by atoms with Crippen LogP contribution in [-0.2, 0) is 4.74 Å². The van der Waals surface area contributed by atoms with Gasteiger partial charge in [-0.3, -0.25) is 0 Å². The van der Waals surface area contributed by atoms with E-state index in [4.69, 9.17) is 15.6 Å². The molecule has 1 fully saturated rings. The van der Waals surface area contributed by atoms with E-state index < -0.39 is 6.29 Å². The van der Waals surface area contributed by atoms with E-state index in [0.29, 0.717) is 0 Å². The first-order valence-electron chi connectivity index (χ1n) is 5.53. The number of aliphatic hydroxyl groups excluding tert-OH is 1. The van der Waals surface area contributed by atoms with E-state index in [-0.39, 0.29) is 6.10 Å². The van der Waals surface area contributed by atoms with Gasteiger partial charge in [-0.2, -0.15) is 0 Å². The Morgan fingerprint density at radius 3 is 1.82 bits per heavy atom. The van der Waals surface area contributed by atoms with Crippen LogP contribution in [0.15, 0.2) is 48.5 Å². The Balaban J connectivity index is 1.86. The highest BCUT2D eigenvalue weighted by Crippen LogP contribution is 2.37. The van der Waals surface area contributed by atoms with Gasteiger partial charge >= 0.3 is 0 Å². The lowest BCUT2D eigenvalue weighted by atomic mass is 10.0. The molecule has 0 saturated carbocycles. The molecule has 86 valence electrons. The third-order valence-corrected chi connectivity index (χ3v) is 2.95. The summed E-state index contributed by atoms with van der Waals surface area (Å²) in [5.74, 6) is 0. The van der Waals surface area contributed by atoms with E-state index in [1.807, 2.05) is 48.5 Å². The summed E-state index contributed by atoms with van der Waals surface area (Å²) in [5, 5.41) is 9.16. The fraction of sp³-hybridized carbons (Fsp3) is 0.143. The molecule has 0 bridgehead atoms. The first-order chi connectivity index (χ1) is 8.24. The summed E-state index contributed by atoms with van der Waals surface area (Å²) < 4.78 is 5.00. The molecule has 3 rings (SSSR count). The number of hydrogen-bond acceptors (Lipinski definition) is 3. The van der Waals surface area contributed by atoms with Gasteiger partial charge in [-0.05, 0) is 28.8 Å². The second kappa shape index (κ2) is 3.87. The molecule has 3 nitrogen and oxygen atoms in total. The molecule has 2 aromatic carbocycles. The lowest BCUT2D eigenvalue weighted by molar-refractivity contribution is 0.156. The Hall–Kier alpha value is -1.84. The van der Waals surface area contributed by atoms with Gasteiger partial charge in [-0.1, -0.05) is 36.4 Å². The van der Waals surface area contributed by atoms with Gasteiger partial charge in [0.25, 0.3) is 0 Å². The Morgan fingerprint density at radius 1 is 0.882 bits per heavy atom. The Labute approximate surface area is 99.5 Å². The summed E-state index contributed by atoms with van der Waals surface area (Å²) in [5.41, 5.74) is 9.68. The summed E-state index contributed by atoms with van der Waals surface area (Å²) in [6, 6.07) is 15.8. The number of rotatable bonds is 2. The number of benzene rings is 2. The molecule has 2 unspecified atom stereocenters. The molecule has 0 aromatic heterocycles. The van der Waals surface area contributed by atoms with Gasteiger partial charge in [0.2, 0.25) is 0 Å². The molecule has 1 saturated heterocycles. The van der Waals surface area contributed by atoms with Crippen molar-refractivity contribution in [1.82, 2.24) is 0 Å². The van der Waals surface area contributed by atoms with Crippen LogP contribution in [0.25, 0.3) is 11.1 Å². The molecule has 0 spiro atoms. The van der Waals surface area contributed by atoms with Crippen molar-refractivity contribution in [3.8, 4) is 11.1 Å². The monoisotopic (exact) mass is 227 g/mol. The number of nitrogens with two attached hydrogens (primary N) is 1. The van der Waals surface area contributed by atoms with Crippen molar-refractivity contribution < 1.29 is 9.84 Å². The highest BCUT2D eigenvalue weighted by Gasteiger charge is 2.38. The molecule has 0 aliphatic carbocycles. The van der Waals surface area contributed by atoms with E-state index in [1.54, 1.807) is 0 Å². The van der Waals surface area contributed by atoms with Crippen molar-refractivity contribution in [2.24, 2.45) is 0 Å². The van der Waals surface area contributed by atoms with Gasteiger partial charge in [0.1, 0.15) is 6.10 Å². The first kappa shape index (κ1) is 10.3. The van der Waals surface area contributed by atoms with Crippen molar-refractivity contribution in [3.05, 3.63) is 54.1 Å². The molecule has 2 aromatic rings. The van der Waals surface area contributed by atoms with E-state index in [9.17, 15) is 0 Å². The number of nitrogen functional groups attached to an aromatic ring is 1. The molecule has 17 heavy (non-hydrogen) atoms. The minimum absolute atomic E-state index is 0.143. The molecule has 1 heterocycles. The predicted octanol–water partition coefficient (Wildman–Crippen LogP) is 2.33. The molecule has 2 atom stereocenters. The minimum Gasteiger partial charge on any atom is -0.399 e. The van der Waals surface area contributed by atoms with E-state index in [2.05, 4.69) is 0 Å². The number of anilines is 1. The fourth-order valence-electron chi connectivity index (χ4n) is 1.89. The number of hydrogen-bond donors (Lipinski definition) is 2. The van der Waals surface area contributed by atoms with Crippen molar-refractivity contribution in [2.75, 3.05) is 5.73 Å². The quantitative estimate of drug-likeness (QED) is 0.611. The zero-order chi connectivity index (χ0) is 11.8. The van der Waals surface area contributed by atoms with Crippen LogP contribution in [0, 0.1) is 0 Å². The molecular formula is C14H13NO2. The maximum atomic E-state index is 9.16. The molecule has 1 aliphatic rings. The highest BCUT2D eigenvalue weighted by molar-refractivity contribution is 5.65. The number of ether oxygens (including phenoxy) is 1. The van der Waals surface area contributed by atoms with Gasteiger partial charge in [0, 0.05) is 5.69 Å². The molecule has 3 N–H and O–H groups in total. The van der Waals surface area contributed by atoms with E-state index in [0.717, 1.165) is 22.4 Å². The molecule has 0 amide bonds. The maximum Gasteiger partial charge on any atom is 0.186 e. The zero-order valence-corrected chi connectivity index (χ0v) is 9.21. The predicted molar refractivity (Wildman–Crippen MR) is 66.1 cm³/mol. The van der Waals surface area contributed by atoms with Crippen molar-refractivity contribution in [1.29, 1.82) is 0 Å². The van der Waals surface area contributed by atoms with Gasteiger partial charge < -0.3 is 15.6 Å². The summed E-state index contributed by atoms with van der Waals surface area (Å²) in [6.45, 7) is 0. The van der Waals surface area contributed by atoms with Crippen molar-refractivity contribution in [3.63, 3.8) is 0 Å². The molecule has 0 radical (unpaired) electrons. The SMILES string of the molecule is Nc1ccc(-c2ccc(C3OC3O)cc2)cc1. The summed E-state index contributed by atoms with van der Waals surface area (Å²) in [7, 11) is 0. The third-order valence-electron chi connectivity index (χ3n) is 2.95. The van der Waals surface area contributed by atoms with Gasteiger partial charge in [-0.15, -0.1) is 0 Å². The highest BCUT2D eigenvalue weighted by atomic mass is 16.7. The first-order valence-corrected chi connectivity index (χ1v) is 5.53. The number of aliphatic hydroxyl groups is 1. The maximum absolute atomic E-state index is 9.16. The van der Waals surface area contributed by atoms with Gasteiger partial charge in [0.05, 0.1) is 0 Å². The zero-order valence-electron chi connectivity index (χ0n) is 9.21. The van der Waals surface area contributed by atoms with Crippen LogP contribution in [0.2, 0.25) is 0 Å². The Kier molecular flexibility index (Phi) is 2.35. The van der Waals surface area contributed by atoms with Crippen molar-refractivity contribution in [2.45, 2.75) is 12.4 Å². The molecule has 1 aliphatic heterocycles. The van der Waals surface area contributed by atoms with Crippen LogP contribution < -0.4 is 5.73 Å². The average molecular weight is 227 g/mol. The van der Waals surface area contributed by atoms with Crippen molar-refractivity contribution >= 4 is 5.69 Å². The van der Waals surface area contributed by atoms with Crippen LogP contribution in [0.1, 0.15) is 11.7 Å². The average Bonchev–Trinajstić information content (AvgIpc) is 3.08. The van der Waals surface area contributed by atoms with Gasteiger partial charge in [0.15, 0.2) is 6.29 Å². The third kappa shape index (κ3) is 2.02. The lowest BCUT2D eigenvalue weighted by Crippen LogP contribution is -1.87. The van der Waals surface area contributed by atoms with E-state index in [1.165, 1.54) is 0 Å². The standard InChI is InChI=1S/C14H13NO2/c15-12-7-5-10(6-8-12)9-1-3-11(4-2-9)13-14(16)17-13/h1-8,13-14,16H,15H2. The fourth-order valence-corrected chi connectivity index (χ4v) is 1.89. The lowest BCUT2D eigenvalue weighted by Gasteiger charge is -2.03. The van der Waals surface area contributed by atoms with Crippen LogP contribution in [0.5, 0.6) is 0 Å². The molecular weight excluding hydrogens is 214 g/mol. The van der Waals surface area contributed by atoms with Gasteiger partial charge in [-0.25, -0.2) is 0 Å². The van der Waals surface area contributed by atoms with Crippen LogP contribution in [-0.4, -0.2) is 11.4 Å².